The van der Waals surface area contributed by atoms with Crippen molar-refractivity contribution < 1.29 is 4.74 Å². The summed E-state index contributed by atoms with van der Waals surface area (Å²) in [5.74, 6) is 0.340. The van der Waals surface area contributed by atoms with Crippen molar-refractivity contribution in [3.8, 4) is 5.75 Å². The maximum absolute atomic E-state index is 6.62. The average Bonchev–Trinajstić information content (AvgIpc) is 3.28. The number of fused-ring (bicyclic) bond motifs is 1. The van der Waals surface area contributed by atoms with Crippen molar-refractivity contribution in [1.29, 1.82) is 0 Å². The molecule has 6 N–H and O–H groups in total. The van der Waals surface area contributed by atoms with Crippen LogP contribution in [0, 0.1) is 0 Å². The lowest BCUT2D eigenvalue weighted by molar-refractivity contribution is 0.148. The molecular weight excluding hydrogens is 392 g/mol. The van der Waals surface area contributed by atoms with Crippen LogP contribution >= 0.6 is 0 Å². The SMILES string of the molecule is COc1cc(N2CCN(C3CCCCC3)CC2)ccc1C1(N)N=C(N)c2[nH]cnc2N1. The number of aromatic amines is 1. The van der Waals surface area contributed by atoms with Crippen molar-refractivity contribution in [1.82, 2.24) is 14.9 Å². The molecule has 9 heteroatoms. The molecule has 1 aromatic heterocycles. The van der Waals surface area contributed by atoms with Gasteiger partial charge in [-0.3, -0.25) is 10.6 Å². The molecule has 1 aliphatic carbocycles. The fraction of sp³-hybridized carbons (Fsp3) is 0.545. The minimum atomic E-state index is -1.24. The minimum absolute atomic E-state index is 0.318. The van der Waals surface area contributed by atoms with Crippen LogP contribution in [0.3, 0.4) is 0 Å². The number of piperazine rings is 1. The topological polar surface area (TPSA) is 121 Å². The quantitative estimate of drug-likeness (QED) is 0.590. The summed E-state index contributed by atoms with van der Waals surface area (Å²) in [7, 11) is 1.66. The summed E-state index contributed by atoms with van der Waals surface area (Å²) in [6, 6.07) is 6.89. The van der Waals surface area contributed by atoms with Crippen molar-refractivity contribution in [3.63, 3.8) is 0 Å². The van der Waals surface area contributed by atoms with E-state index in [9.17, 15) is 0 Å². The standard InChI is InChI=1S/C22H32N8O/c1-31-18-13-16(30-11-9-29(10-12-30)15-5-3-2-4-6-15)7-8-17(18)22(24)27-20(23)19-21(28-22)26-14-25-19/h7-8,13-15,28H,2-6,9-12,24H2,1H3,(H2,23,27)(H,25,26). The van der Waals surface area contributed by atoms with Crippen molar-refractivity contribution in [3.05, 3.63) is 35.8 Å². The molecule has 166 valence electrons. The number of H-pyrrole nitrogens is 1. The van der Waals surface area contributed by atoms with Gasteiger partial charge in [0.05, 0.1) is 19.0 Å². The number of benzene rings is 1. The van der Waals surface area contributed by atoms with Crippen LogP contribution in [0.15, 0.2) is 29.5 Å². The van der Waals surface area contributed by atoms with Gasteiger partial charge in [-0.2, -0.15) is 0 Å². The van der Waals surface area contributed by atoms with Crippen LogP contribution in [-0.4, -0.2) is 60.0 Å². The Morgan fingerprint density at radius 2 is 1.90 bits per heavy atom. The van der Waals surface area contributed by atoms with E-state index in [0.29, 0.717) is 23.1 Å². The number of hydrogen-bond acceptors (Lipinski definition) is 8. The Morgan fingerprint density at radius 3 is 2.65 bits per heavy atom. The fourth-order valence-corrected chi connectivity index (χ4v) is 5.15. The van der Waals surface area contributed by atoms with Gasteiger partial charge in [0.2, 0.25) is 5.79 Å². The maximum atomic E-state index is 6.62. The second-order valence-electron chi connectivity index (χ2n) is 8.71. The largest absolute Gasteiger partial charge is 0.496 e. The van der Waals surface area contributed by atoms with E-state index in [1.807, 2.05) is 12.1 Å². The van der Waals surface area contributed by atoms with Gasteiger partial charge in [0.1, 0.15) is 11.4 Å². The molecule has 3 heterocycles. The van der Waals surface area contributed by atoms with E-state index in [2.05, 4.69) is 36.1 Å². The summed E-state index contributed by atoms with van der Waals surface area (Å²) in [4.78, 5) is 16.8. The third-order valence-electron chi connectivity index (χ3n) is 6.87. The number of rotatable bonds is 4. The lowest BCUT2D eigenvalue weighted by Crippen LogP contribution is -2.51. The number of aliphatic imine (C=N–C) groups is 1. The zero-order valence-electron chi connectivity index (χ0n) is 18.1. The molecule has 2 aromatic rings. The number of amidine groups is 1. The first-order chi connectivity index (χ1) is 15.1. The van der Waals surface area contributed by atoms with Crippen molar-refractivity contribution in [2.24, 2.45) is 16.5 Å². The molecule has 1 atom stereocenters. The molecule has 0 radical (unpaired) electrons. The van der Waals surface area contributed by atoms with Crippen LogP contribution in [-0.2, 0) is 5.79 Å². The molecule has 2 aliphatic heterocycles. The smallest absolute Gasteiger partial charge is 0.216 e. The molecule has 1 aromatic carbocycles. The van der Waals surface area contributed by atoms with E-state index >= 15 is 0 Å². The zero-order valence-corrected chi connectivity index (χ0v) is 18.1. The highest BCUT2D eigenvalue weighted by molar-refractivity contribution is 6.01. The summed E-state index contributed by atoms with van der Waals surface area (Å²) >= 11 is 0. The number of nitrogens with two attached hydrogens (primary N) is 2. The first-order valence-electron chi connectivity index (χ1n) is 11.2. The number of nitrogens with one attached hydrogen (secondary N) is 2. The fourth-order valence-electron chi connectivity index (χ4n) is 5.15. The molecule has 0 bridgehead atoms. The summed E-state index contributed by atoms with van der Waals surface area (Å²) in [6.07, 6.45) is 8.44. The Balaban J connectivity index is 1.33. The highest BCUT2D eigenvalue weighted by atomic mass is 16.5. The number of ether oxygens (including phenoxy) is 1. The van der Waals surface area contributed by atoms with Gasteiger partial charge in [0.25, 0.3) is 0 Å². The molecule has 2 fully saturated rings. The molecule has 0 amide bonds. The third kappa shape index (κ3) is 3.72. The molecule has 9 nitrogen and oxygen atoms in total. The maximum Gasteiger partial charge on any atom is 0.216 e. The average molecular weight is 425 g/mol. The van der Waals surface area contributed by atoms with Gasteiger partial charge >= 0.3 is 0 Å². The normalized spacial score (nSPS) is 25.0. The second kappa shape index (κ2) is 8.05. The Kier molecular flexibility index (Phi) is 5.23. The van der Waals surface area contributed by atoms with E-state index in [1.54, 1.807) is 13.4 Å². The Labute approximate surface area is 182 Å². The van der Waals surface area contributed by atoms with E-state index < -0.39 is 5.79 Å². The van der Waals surface area contributed by atoms with Gasteiger partial charge in [-0.1, -0.05) is 19.3 Å². The predicted molar refractivity (Wildman–Crippen MR) is 122 cm³/mol. The second-order valence-corrected chi connectivity index (χ2v) is 8.71. The van der Waals surface area contributed by atoms with Gasteiger partial charge in [0, 0.05) is 44.0 Å². The van der Waals surface area contributed by atoms with E-state index in [-0.39, 0.29) is 0 Å². The predicted octanol–water partition coefficient (Wildman–Crippen LogP) is 1.77. The van der Waals surface area contributed by atoms with E-state index in [1.165, 1.54) is 32.1 Å². The molecule has 31 heavy (non-hydrogen) atoms. The minimum Gasteiger partial charge on any atom is -0.496 e. The summed E-state index contributed by atoms with van der Waals surface area (Å²) < 4.78 is 5.72. The van der Waals surface area contributed by atoms with Crippen LogP contribution in [0.4, 0.5) is 11.5 Å². The molecule has 1 saturated heterocycles. The first-order valence-corrected chi connectivity index (χ1v) is 11.2. The number of hydrogen-bond donors (Lipinski definition) is 4. The van der Waals surface area contributed by atoms with Crippen LogP contribution in [0.5, 0.6) is 5.75 Å². The van der Waals surface area contributed by atoms with Crippen LogP contribution in [0.1, 0.15) is 43.4 Å². The molecular formula is C22H32N8O. The number of methoxy groups -OCH3 is 1. The number of anilines is 2. The molecule has 1 unspecified atom stereocenters. The Hall–Kier alpha value is -2.78. The third-order valence-corrected chi connectivity index (χ3v) is 6.87. The van der Waals surface area contributed by atoms with Gasteiger partial charge < -0.3 is 25.7 Å². The Bertz CT molecular complexity index is 958. The lowest BCUT2D eigenvalue weighted by Gasteiger charge is -2.41. The van der Waals surface area contributed by atoms with E-state index in [0.717, 1.165) is 43.5 Å². The molecule has 5 rings (SSSR count). The van der Waals surface area contributed by atoms with Crippen molar-refractivity contribution >= 4 is 17.3 Å². The molecule has 1 saturated carbocycles. The Morgan fingerprint density at radius 1 is 1.13 bits per heavy atom. The van der Waals surface area contributed by atoms with E-state index in [4.69, 9.17) is 16.2 Å². The molecule has 3 aliphatic rings. The number of aromatic nitrogens is 2. The summed E-state index contributed by atoms with van der Waals surface area (Å²) in [6.45, 7) is 4.26. The van der Waals surface area contributed by atoms with Gasteiger partial charge in [-0.05, 0) is 25.0 Å². The van der Waals surface area contributed by atoms with Crippen LogP contribution in [0.25, 0.3) is 0 Å². The van der Waals surface area contributed by atoms with Crippen molar-refractivity contribution in [2.75, 3.05) is 43.5 Å². The lowest BCUT2D eigenvalue weighted by atomic mass is 9.94. The summed E-state index contributed by atoms with van der Waals surface area (Å²) in [5.41, 5.74) is 15.2. The number of imidazole rings is 1. The van der Waals surface area contributed by atoms with Crippen molar-refractivity contribution in [2.45, 2.75) is 43.9 Å². The van der Waals surface area contributed by atoms with Gasteiger partial charge in [-0.15, -0.1) is 0 Å². The van der Waals surface area contributed by atoms with Gasteiger partial charge in [-0.25, -0.2) is 9.98 Å². The van der Waals surface area contributed by atoms with Gasteiger partial charge in [0.15, 0.2) is 11.7 Å². The first kappa shape index (κ1) is 20.1. The molecule has 0 spiro atoms. The van der Waals surface area contributed by atoms with Crippen LogP contribution < -0.4 is 26.4 Å². The summed E-state index contributed by atoms with van der Waals surface area (Å²) in [5, 5.41) is 3.18. The van der Waals surface area contributed by atoms with Crippen LogP contribution in [0.2, 0.25) is 0 Å². The number of nitrogens with zero attached hydrogens (tertiary/aromatic N) is 4. The highest BCUT2D eigenvalue weighted by Crippen LogP contribution is 2.36. The monoisotopic (exact) mass is 424 g/mol. The highest BCUT2D eigenvalue weighted by Gasteiger charge is 2.36. The zero-order chi connectivity index (χ0) is 21.4.